The molecule has 0 radical (unpaired) electrons. The maximum absolute atomic E-state index is 12.5. The Morgan fingerprint density at radius 2 is 1.72 bits per heavy atom. The second kappa shape index (κ2) is 13.9. The summed E-state index contributed by atoms with van der Waals surface area (Å²) in [6.45, 7) is 0.837. The molecule has 1 amide bonds. The molecule has 6 atom stereocenters. The molecule has 10 nitrogen and oxygen atoms in total. The summed E-state index contributed by atoms with van der Waals surface area (Å²) in [5, 5.41) is 12.7. The highest BCUT2D eigenvalue weighted by Crippen LogP contribution is 2.36. The van der Waals surface area contributed by atoms with Crippen LogP contribution in [0.25, 0.3) is 6.08 Å². The van der Waals surface area contributed by atoms with Gasteiger partial charge in [0.1, 0.15) is 36.7 Å². The zero-order valence-corrected chi connectivity index (χ0v) is 23.9. The summed E-state index contributed by atoms with van der Waals surface area (Å²) >= 11 is 5.89. The molecule has 43 heavy (non-hydrogen) atoms. The van der Waals surface area contributed by atoms with Crippen LogP contribution in [-0.2, 0) is 28.5 Å². The highest BCUT2D eigenvalue weighted by molar-refractivity contribution is 6.30. The predicted octanol–water partition coefficient (Wildman–Crippen LogP) is 4.43. The molecule has 3 aromatic rings. The van der Waals surface area contributed by atoms with Crippen LogP contribution in [-0.4, -0.2) is 66.6 Å². The van der Waals surface area contributed by atoms with Crippen molar-refractivity contribution in [1.29, 1.82) is 0 Å². The van der Waals surface area contributed by atoms with E-state index in [0.29, 0.717) is 16.3 Å². The number of aliphatic carboxylic acids is 1. The summed E-state index contributed by atoms with van der Waals surface area (Å²) in [4.78, 5) is 36.1. The molecular weight excluding hydrogens is 578 g/mol. The minimum atomic E-state index is -1.17. The molecular formula is C32H30ClNO9. The molecule has 3 aromatic carbocycles. The molecule has 0 saturated carbocycles. The number of nitrogens with one attached hydrogen (secondary N) is 1. The molecule has 0 spiro atoms. The van der Waals surface area contributed by atoms with Crippen LogP contribution < -0.4 is 10.1 Å². The monoisotopic (exact) mass is 607 g/mol. The molecule has 2 fully saturated rings. The number of ether oxygens (including phenoxy) is 5. The van der Waals surface area contributed by atoms with Crippen molar-refractivity contribution in [3.8, 4) is 5.75 Å². The molecule has 11 heteroatoms. The number of hydrogen-bond acceptors (Lipinski definition) is 8. The zero-order valence-electron chi connectivity index (χ0n) is 23.1. The Labute approximate surface area is 253 Å². The van der Waals surface area contributed by atoms with Crippen LogP contribution >= 0.6 is 11.6 Å². The van der Waals surface area contributed by atoms with Gasteiger partial charge in [0.25, 0.3) is 0 Å². The normalized spacial score (nSPS) is 25.1. The van der Waals surface area contributed by atoms with E-state index in [4.69, 9.17) is 35.3 Å². The smallest absolute Gasteiger partial charge is 0.329 e. The third-order valence-electron chi connectivity index (χ3n) is 6.87. The Morgan fingerprint density at radius 3 is 2.40 bits per heavy atom. The van der Waals surface area contributed by atoms with Gasteiger partial charge >= 0.3 is 5.97 Å². The van der Waals surface area contributed by atoms with Crippen LogP contribution in [0.2, 0.25) is 5.02 Å². The molecule has 6 unspecified atom stereocenters. The standard InChI is InChI=1S/C32H30ClNO9/c1-19(35)34-28-30(39-18-27(37)38)29-26(17-40-31(43-29)22-5-3-2-4-6-22)42-32(28)41-24-14-7-20(8-15-24)9-16-25(36)21-10-12-23(33)13-11-21/h2-16,26,28-32H,17-18H2,1H3,(H,34,35)(H,37,38)/b16-9+. The highest BCUT2D eigenvalue weighted by atomic mass is 35.5. The highest BCUT2D eigenvalue weighted by Gasteiger charge is 2.52. The van der Waals surface area contributed by atoms with Crippen LogP contribution in [0.15, 0.2) is 84.9 Å². The van der Waals surface area contributed by atoms with E-state index in [0.717, 1.165) is 11.1 Å². The molecule has 2 aliphatic heterocycles. The average Bonchev–Trinajstić information content (AvgIpc) is 3.00. The van der Waals surface area contributed by atoms with Gasteiger partial charge in [-0.05, 0) is 48.0 Å². The van der Waals surface area contributed by atoms with Gasteiger partial charge < -0.3 is 34.1 Å². The van der Waals surface area contributed by atoms with E-state index in [1.807, 2.05) is 30.3 Å². The number of allylic oxidation sites excluding steroid dienone is 1. The van der Waals surface area contributed by atoms with Gasteiger partial charge in [0.05, 0.1) is 6.61 Å². The van der Waals surface area contributed by atoms with Crippen LogP contribution in [0.1, 0.15) is 34.7 Å². The predicted molar refractivity (Wildman–Crippen MR) is 156 cm³/mol. The Hall–Kier alpha value is -4.06. The summed E-state index contributed by atoms with van der Waals surface area (Å²) in [6.07, 6.45) is -1.01. The first kappa shape index (κ1) is 30.4. The fraction of sp³-hybridized carbons (Fsp3) is 0.281. The van der Waals surface area contributed by atoms with Gasteiger partial charge in [-0.3, -0.25) is 9.59 Å². The van der Waals surface area contributed by atoms with Gasteiger partial charge in [0, 0.05) is 23.1 Å². The number of fused-ring (bicyclic) bond motifs is 1. The van der Waals surface area contributed by atoms with Crippen molar-refractivity contribution in [2.45, 2.75) is 43.9 Å². The average molecular weight is 608 g/mol. The quantitative estimate of drug-likeness (QED) is 0.254. The minimum Gasteiger partial charge on any atom is -0.480 e. The van der Waals surface area contributed by atoms with E-state index in [-0.39, 0.29) is 18.3 Å². The second-order valence-corrected chi connectivity index (χ2v) is 10.4. The molecule has 2 heterocycles. The molecule has 2 saturated heterocycles. The summed E-state index contributed by atoms with van der Waals surface area (Å²) in [5.74, 6) is -1.31. The number of carbonyl (C=O) groups excluding carboxylic acids is 2. The number of benzene rings is 3. The van der Waals surface area contributed by atoms with Crippen molar-refractivity contribution in [2.75, 3.05) is 13.2 Å². The minimum absolute atomic E-state index is 0.120. The van der Waals surface area contributed by atoms with E-state index in [9.17, 15) is 19.5 Å². The molecule has 0 aromatic heterocycles. The Kier molecular flexibility index (Phi) is 9.86. The van der Waals surface area contributed by atoms with Gasteiger partial charge in [0.2, 0.25) is 12.2 Å². The lowest BCUT2D eigenvalue weighted by atomic mass is 9.95. The maximum atomic E-state index is 12.5. The number of hydrogen-bond donors (Lipinski definition) is 2. The third kappa shape index (κ3) is 7.86. The van der Waals surface area contributed by atoms with Gasteiger partial charge in [-0.15, -0.1) is 0 Å². The molecule has 224 valence electrons. The Morgan fingerprint density at radius 1 is 1.00 bits per heavy atom. The SMILES string of the molecule is CC(=O)NC1C(Oc2ccc(/C=C/C(=O)c3ccc(Cl)cc3)cc2)OC2COC(c3ccccc3)OC2C1OCC(=O)O. The van der Waals surface area contributed by atoms with Crippen LogP contribution in [0, 0.1) is 0 Å². The Balaban J connectivity index is 1.32. The molecule has 5 rings (SSSR count). The molecule has 2 aliphatic rings. The summed E-state index contributed by atoms with van der Waals surface area (Å²) in [5.41, 5.74) is 2.04. The van der Waals surface area contributed by atoms with Crippen molar-refractivity contribution in [3.05, 3.63) is 107 Å². The maximum Gasteiger partial charge on any atom is 0.329 e. The lowest BCUT2D eigenvalue weighted by Crippen LogP contribution is -2.68. The number of halogens is 1. The first-order valence-corrected chi connectivity index (χ1v) is 14.0. The molecule has 0 bridgehead atoms. The van der Waals surface area contributed by atoms with Gasteiger partial charge in [-0.25, -0.2) is 4.79 Å². The summed E-state index contributed by atoms with van der Waals surface area (Å²) < 4.78 is 30.3. The van der Waals surface area contributed by atoms with Crippen molar-refractivity contribution < 1.29 is 43.2 Å². The van der Waals surface area contributed by atoms with E-state index < -0.39 is 49.5 Å². The van der Waals surface area contributed by atoms with Crippen molar-refractivity contribution in [2.24, 2.45) is 0 Å². The van der Waals surface area contributed by atoms with E-state index in [1.165, 1.54) is 13.0 Å². The Bertz CT molecular complexity index is 1450. The van der Waals surface area contributed by atoms with Crippen molar-refractivity contribution >= 4 is 35.3 Å². The topological polar surface area (TPSA) is 130 Å². The third-order valence-corrected chi connectivity index (χ3v) is 7.12. The number of carboxylic acid groups (broad SMARTS) is 1. The second-order valence-electron chi connectivity index (χ2n) is 10.0. The lowest BCUT2D eigenvalue weighted by Gasteiger charge is -2.49. The van der Waals surface area contributed by atoms with Gasteiger partial charge in [0.15, 0.2) is 12.1 Å². The summed E-state index contributed by atoms with van der Waals surface area (Å²) in [7, 11) is 0. The molecule has 0 aliphatic carbocycles. The fourth-order valence-electron chi connectivity index (χ4n) is 4.88. The lowest BCUT2D eigenvalue weighted by molar-refractivity contribution is -0.337. The summed E-state index contributed by atoms with van der Waals surface area (Å²) in [6, 6.07) is 21.9. The number of ketones is 1. The van der Waals surface area contributed by atoms with Crippen LogP contribution in [0.5, 0.6) is 5.75 Å². The number of rotatable bonds is 10. The van der Waals surface area contributed by atoms with E-state index in [2.05, 4.69) is 5.32 Å². The molecule has 2 N–H and O–H groups in total. The largest absolute Gasteiger partial charge is 0.480 e. The number of carboxylic acids is 1. The number of amides is 1. The first-order chi connectivity index (χ1) is 20.8. The van der Waals surface area contributed by atoms with Crippen molar-refractivity contribution in [3.63, 3.8) is 0 Å². The van der Waals surface area contributed by atoms with Gasteiger partial charge in [-0.1, -0.05) is 60.1 Å². The van der Waals surface area contributed by atoms with E-state index in [1.54, 1.807) is 54.6 Å². The van der Waals surface area contributed by atoms with E-state index >= 15 is 0 Å². The zero-order chi connectivity index (χ0) is 30.3. The number of carbonyl (C=O) groups is 3. The van der Waals surface area contributed by atoms with Gasteiger partial charge in [-0.2, -0.15) is 0 Å². The van der Waals surface area contributed by atoms with Crippen molar-refractivity contribution in [1.82, 2.24) is 5.32 Å². The first-order valence-electron chi connectivity index (χ1n) is 13.6. The van der Waals surface area contributed by atoms with Crippen LogP contribution in [0.4, 0.5) is 0 Å². The fourth-order valence-corrected chi connectivity index (χ4v) is 5.01. The van der Waals surface area contributed by atoms with Crippen LogP contribution in [0.3, 0.4) is 0 Å².